The summed E-state index contributed by atoms with van der Waals surface area (Å²) in [5, 5.41) is 24.2. The van der Waals surface area contributed by atoms with Crippen LogP contribution in [0.3, 0.4) is 0 Å². The molecule has 0 saturated heterocycles. The first-order chi connectivity index (χ1) is 31.6. The molecule has 0 heteroatoms. The summed E-state index contributed by atoms with van der Waals surface area (Å²) in [5.74, 6) is 0.162. The summed E-state index contributed by atoms with van der Waals surface area (Å²) in [6.45, 7) is 20.9. The summed E-state index contributed by atoms with van der Waals surface area (Å²) in [4.78, 5) is 0. The van der Waals surface area contributed by atoms with E-state index in [1.54, 1.807) is 0 Å². The van der Waals surface area contributed by atoms with E-state index in [2.05, 4.69) is 220 Å². The summed E-state index contributed by atoms with van der Waals surface area (Å²) >= 11 is 0. The van der Waals surface area contributed by atoms with E-state index < -0.39 is 0 Å². The quantitative estimate of drug-likeness (QED) is 0.155. The molecule has 0 amide bonds. The van der Waals surface area contributed by atoms with E-state index in [0.29, 0.717) is 0 Å². The highest BCUT2D eigenvalue weighted by atomic mass is 14.3. The third-order valence-corrected chi connectivity index (χ3v) is 15.6. The van der Waals surface area contributed by atoms with Crippen LogP contribution in [0, 0.1) is 0 Å². The first kappa shape index (κ1) is 39.6. The Hall–Kier alpha value is -6.76. The Bertz CT molecular complexity index is 3990. The minimum Gasteiger partial charge on any atom is -0.0687 e. The van der Waals surface area contributed by atoms with Crippen molar-refractivity contribution in [1.82, 2.24) is 0 Å². The molecular weight excluding hydrogens is 793 g/mol. The first-order valence-electron chi connectivity index (χ1n) is 24.2. The number of rotatable bonds is 3. The van der Waals surface area contributed by atoms with Gasteiger partial charge in [-0.1, -0.05) is 220 Å². The Morgan fingerprint density at radius 3 is 1.11 bits per heavy atom. The highest BCUT2D eigenvalue weighted by Crippen LogP contribution is 2.49. The third-order valence-electron chi connectivity index (χ3n) is 15.6. The van der Waals surface area contributed by atoms with E-state index in [1.165, 1.54) is 141 Å². The Balaban J connectivity index is 1.06. The van der Waals surface area contributed by atoms with Crippen LogP contribution in [-0.4, -0.2) is 0 Å². The largest absolute Gasteiger partial charge is 0.0687 e. The monoisotopic (exact) mass is 848 g/mol. The topological polar surface area (TPSA) is 0 Å². The molecule has 0 heterocycles. The molecule has 0 fully saturated rings. The molecule has 13 rings (SSSR count). The van der Waals surface area contributed by atoms with Gasteiger partial charge < -0.3 is 0 Å². The standard InChI is InChI=1S/C66H56/c1-64(2,3)49-31-40-13-10-37-16-22-52(55-25-19-43(34-49)58(40)61(37)55)46-28-47(53-23-17-38-11-14-41-32-50(65(4,5)6)35-44-20-26-56(53)62(38)59(41)44)30-48(29-46)54-24-18-39-12-15-42-33-51(66(7,8)9)36-45-21-27-57(54)63(39)60(42)45/h10-29,31-36,47H,30H2,1-9H3. The maximum Gasteiger partial charge on any atom is 0.00739 e. The summed E-state index contributed by atoms with van der Waals surface area (Å²) < 4.78 is 0. The highest BCUT2D eigenvalue weighted by Gasteiger charge is 2.27. The van der Waals surface area contributed by atoms with Gasteiger partial charge in [0.25, 0.3) is 0 Å². The smallest absolute Gasteiger partial charge is 0.00739 e. The number of hydrogen-bond donors (Lipinski definition) is 0. The van der Waals surface area contributed by atoms with Crippen molar-refractivity contribution in [2.75, 3.05) is 0 Å². The number of hydrogen-bond acceptors (Lipinski definition) is 0. The fourth-order valence-corrected chi connectivity index (χ4v) is 12.0. The van der Waals surface area contributed by atoms with E-state index in [9.17, 15) is 0 Å². The van der Waals surface area contributed by atoms with E-state index in [4.69, 9.17) is 0 Å². The third kappa shape index (κ3) is 5.83. The van der Waals surface area contributed by atoms with Gasteiger partial charge >= 0.3 is 0 Å². The molecule has 1 aliphatic carbocycles. The van der Waals surface area contributed by atoms with Crippen LogP contribution >= 0.6 is 0 Å². The normalized spacial score (nSPS) is 15.6. The zero-order valence-electron chi connectivity index (χ0n) is 39.8. The highest BCUT2D eigenvalue weighted by molar-refractivity contribution is 6.27. The second-order valence-corrected chi connectivity index (χ2v) is 23.0. The molecule has 0 radical (unpaired) electrons. The van der Waals surface area contributed by atoms with Gasteiger partial charge in [0, 0.05) is 5.92 Å². The van der Waals surface area contributed by atoms with Crippen molar-refractivity contribution in [3.05, 3.63) is 191 Å². The first-order valence-corrected chi connectivity index (χ1v) is 24.2. The van der Waals surface area contributed by atoms with Gasteiger partial charge in [-0.05, 0) is 164 Å². The molecule has 1 aliphatic rings. The lowest BCUT2D eigenvalue weighted by molar-refractivity contribution is 0.591. The molecule has 0 aliphatic heterocycles. The van der Waals surface area contributed by atoms with Crippen molar-refractivity contribution in [1.29, 1.82) is 0 Å². The molecule has 0 bridgehead atoms. The van der Waals surface area contributed by atoms with Crippen LogP contribution in [0.15, 0.2) is 158 Å². The molecule has 66 heavy (non-hydrogen) atoms. The average molecular weight is 849 g/mol. The van der Waals surface area contributed by atoms with Gasteiger partial charge in [-0.15, -0.1) is 0 Å². The Morgan fingerprint density at radius 1 is 0.333 bits per heavy atom. The SMILES string of the molecule is CC(C)(C)c1cc2ccc3ccc(C4=CC(c5ccc6ccc7cc(C(C)(C)C)cc8ccc5c6c78)CC(c5ccc6ccc7cc(C(C)(C)C)cc8ccc5c6c78)=C4)c4ccc(c1)c2c34. The van der Waals surface area contributed by atoms with Gasteiger partial charge in [-0.3, -0.25) is 0 Å². The van der Waals surface area contributed by atoms with Crippen LogP contribution in [0.4, 0.5) is 0 Å². The second-order valence-electron chi connectivity index (χ2n) is 23.0. The van der Waals surface area contributed by atoms with Crippen LogP contribution in [-0.2, 0) is 16.2 Å². The van der Waals surface area contributed by atoms with Crippen molar-refractivity contribution in [3.63, 3.8) is 0 Å². The Labute approximate surface area is 388 Å². The van der Waals surface area contributed by atoms with Gasteiger partial charge in [-0.2, -0.15) is 0 Å². The average Bonchev–Trinajstić information content (AvgIpc) is 3.30. The molecule has 0 saturated carbocycles. The minimum atomic E-state index is 0.0692. The molecule has 0 nitrogen and oxygen atoms in total. The van der Waals surface area contributed by atoms with Crippen LogP contribution in [0.25, 0.3) is 108 Å². The Kier molecular flexibility index (Phi) is 8.05. The Morgan fingerprint density at radius 2 is 0.667 bits per heavy atom. The molecule has 320 valence electrons. The van der Waals surface area contributed by atoms with Gasteiger partial charge in [-0.25, -0.2) is 0 Å². The van der Waals surface area contributed by atoms with E-state index in [1.807, 2.05) is 0 Å². The maximum absolute atomic E-state index is 2.61. The van der Waals surface area contributed by atoms with Crippen molar-refractivity contribution < 1.29 is 0 Å². The molecular formula is C66H56. The zero-order chi connectivity index (χ0) is 45.2. The van der Waals surface area contributed by atoms with Crippen LogP contribution in [0.1, 0.15) is 108 Å². The molecule has 0 spiro atoms. The van der Waals surface area contributed by atoms with Crippen molar-refractivity contribution in [2.45, 2.75) is 90.9 Å². The number of allylic oxidation sites excluding steroid dienone is 4. The molecule has 0 N–H and O–H groups in total. The molecule has 0 aromatic heterocycles. The summed E-state index contributed by atoms with van der Waals surface area (Å²) in [7, 11) is 0. The van der Waals surface area contributed by atoms with Crippen LogP contribution in [0.5, 0.6) is 0 Å². The lowest BCUT2D eigenvalue weighted by Gasteiger charge is -2.27. The van der Waals surface area contributed by atoms with Gasteiger partial charge in [0.2, 0.25) is 0 Å². The summed E-state index contributed by atoms with van der Waals surface area (Å²) in [6, 6.07) is 57.5. The molecule has 12 aromatic rings. The van der Waals surface area contributed by atoms with Crippen molar-refractivity contribution in [3.8, 4) is 0 Å². The molecule has 1 unspecified atom stereocenters. The van der Waals surface area contributed by atoms with Crippen molar-refractivity contribution >= 4 is 108 Å². The van der Waals surface area contributed by atoms with Gasteiger partial charge in [0.05, 0.1) is 0 Å². The summed E-state index contributed by atoms with van der Waals surface area (Å²) in [6.07, 6.45) is 6.08. The van der Waals surface area contributed by atoms with E-state index in [0.717, 1.165) is 6.42 Å². The van der Waals surface area contributed by atoms with Crippen LogP contribution in [0.2, 0.25) is 0 Å². The number of benzene rings is 12. The van der Waals surface area contributed by atoms with Gasteiger partial charge in [0.15, 0.2) is 0 Å². The lowest BCUT2D eigenvalue weighted by atomic mass is 9.76. The fourth-order valence-electron chi connectivity index (χ4n) is 12.0. The van der Waals surface area contributed by atoms with Crippen LogP contribution < -0.4 is 0 Å². The predicted molar refractivity (Wildman–Crippen MR) is 290 cm³/mol. The van der Waals surface area contributed by atoms with E-state index >= 15 is 0 Å². The zero-order valence-corrected chi connectivity index (χ0v) is 39.8. The summed E-state index contributed by atoms with van der Waals surface area (Å²) in [5.41, 5.74) is 11.1. The van der Waals surface area contributed by atoms with Crippen molar-refractivity contribution in [2.24, 2.45) is 0 Å². The minimum absolute atomic E-state index is 0.0692. The lowest BCUT2D eigenvalue weighted by Crippen LogP contribution is -2.11. The van der Waals surface area contributed by atoms with Gasteiger partial charge in [0.1, 0.15) is 0 Å². The molecule has 1 atom stereocenters. The van der Waals surface area contributed by atoms with E-state index in [-0.39, 0.29) is 22.2 Å². The maximum atomic E-state index is 2.61. The fraction of sp³-hybridized carbons (Fsp3) is 0.212. The molecule has 12 aromatic carbocycles. The predicted octanol–water partition coefficient (Wildman–Crippen LogP) is 18.9. The second kappa shape index (κ2) is 13.4.